The van der Waals surface area contributed by atoms with Crippen molar-refractivity contribution in [1.82, 2.24) is 5.32 Å². The fourth-order valence-corrected chi connectivity index (χ4v) is 3.79. The molecule has 0 spiro atoms. The number of aliphatic hydroxyl groups is 2. The van der Waals surface area contributed by atoms with Crippen LogP contribution in [0.1, 0.15) is 29.5 Å². The molecule has 0 radical (unpaired) electrons. The number of likely N-dealkylation sites (N-methyl/N-ethyl adjacent to an activating group) is 1. The second-order valence-corrected chi connectivity index (χ2v) is 7.65. The number of ether oxygens (including phenoxy) is 2. The molecule has 3 rings (SSSR count). The van der Waals surface area contributed by atoms with Crippen LogP contribution in [-0.4, -0.2) is 47.1 Å². The largest absolute Gasteiger partial charge is 0.390 e. The van der Waals surface area contributed by atoms with Crippen molar-refractivity contribution in [2.45, 2.75) is 56.9 Å². The zero-order valence-electron chi connectivity index (χ0n) is 16.9. The van der Waals surface area contributed by atoms with Gasteiger partial charge in [0.1, 0.15) is 6.10 Å². The summed E-state index contributed by atoms with van der Waals surface area (Å²) in [7, 11) is 1.54. The van der Waals surface area contributed by atoms with E-state index in [9.17, 15) is 15.0 Å². The molecule has 1 fully saturated rings. The van der Waals surface area contributed by atoms with Gasteiger partial charge in [0.05, 0.1) is 25.4 Å². The molecule has 6 heteroatoms. The van der Waals surface area contributed by atoms with Gasteiger partial charge in [-0.1, -0.05) is 60.2 Å². The Morgan fingerprint density at radius 3 is 2.48 bits per heavy atom. The number of hydrogen-bond acceptors (Lipinski definition) is 5. The van der Waals surface area contributed by atoms with E-state index in [1.807, 2.05) is 61.5 Å². The predicted octanol–water partition coefficient (Wildman–Crippen LogP) is 2.10. The Labute approximate surface area is 171 Å². The molecular weight excluding hydrogens is 370 g/mol. The predicted molar refractivity (Wildman–Crippen MR) is 109 cm³/mol. The zero-order chi connectivity index (χ0) is 20.9. The number of carbonyl (C=O) groups excluding carboxylic acids is 1. The Balaban J connectivity index is 1.76. The number of amides is 1. The van der Waals surface area contributed by atoms with Crippen LogP contribution in [0, 0.1) is 6.92 Å². The molecule has 1 aliphatic carbocycles. The Morgan fingerprint density at radius 2 is 1.79 bits per heavy atom. The van der Waals surface area contributed by atoms with E-state index in [0.29, 0.717) is 0 Å². The molecule has 1 amide bonds. The van der Waals surface area contributed by atoms with E-state index in [1.54, 1.807) is 0 Å². The first-order valence-corrected chi connectivity index (χ1v) is 9.87. The molecule has 156 valence electrons. The van der Waals surface area contributed by atoms with E-state index in [1.165, 1.54) is 7.05 Å². The summed E-state index contributed by atoms with van der Waals surface area (Å²) in [6.07, 6.45) is -2.78. The molecule has 3 N–H and O–H groups in total. The zero-order valence-corrected chi connectivity index (χ0v) is 16.9. The van der Waals surface area contributed by atoms with Gasteiger partial charge in [0.25, 0.3) is 5.91 Å². The molecule has 1 saturated carbocycles. The smallest absolute Gasteiger partial charge is 0.252 e. The van der Waals surface area contributed by atoms with Gasteiger partial charge in [-0.15, -0.1) is 0 Å². The third kappa shape index (κ3) is 5.22. The van der Waals surface area contributed by atoms with Gasteiger partial charge in [-0.25, -0.2) is 0 Å². The highest BCUT2D eigenvalue weighted by Crippen LogP contribution is 2.35. The first-order chi connectivity index (χ1) is 13.9. The summed E-state index contributed by atoms with van der Waals surface area (Å²) in [6.45, 7) is 2.49. The van der Waals surface area contributed by atoms with E-state index in [4.69, 9.17) is 9.47 Å². The van der Waals surface area contributed by atoms with Gasteiger partial charge in [0.15, 0.2) is 5.60 Å². The van der Waals surface area contributed by atoms with Crippen LogP contribution in [0.4, 0.5) is 0 Å². The quantitative estimate of drug-likeness (QED) is 0.664. The maximum Gasteiger partial charge on any atom is 0.252 e. The highest BCUT2D eigenvalue weighted by molar-refractivity contribution is 5.85. The van der Waals surface area contributed by atoms with Crippen molar-refractivity contribution in [1.29, 1.82) is 0 Å². The fourth-order valence-electron chi connectivity index (χ4n) is 3.79. The van der Waals surface area contributed by atoms with Crippen molar-refractivity contribution in [3.8, 4) is 0 Å². The van der Waals surface area contributed by atoms with Crippen molar-refractivity contribution >= 4 is 5.91 Å². The number of carbonyl (C=O) groups is 1. The molecule has 0 aromatic heterocycles. The van der Waals surface area contributed by atoms with Crippen molar-refractivity contribution in [2.24, 2.45) is 0 Å². The molecule has 29 heavy (non-hydrogen) atoms. The van der Waals surface area contributed by atoms with Gasteiger partial charge < -0.3 is 25.0 Å². The Bertz CT molecular complexity index is 812. The first kappa shape index (κ1) is 21.5. The van der Waals surface area contributed by atoms with Gasteiger partial charge in [0, 0.05) is 19.9 Å². The van der Waals surface area contributed by atoms with Gasteiger partial charge in [-0.3, -0.25) is 4.79 Å². The average Bonchev–Trinajstić information content (AvgIpc) is 2.74. The van der Waals surface area contributed by atoms with E-state index in [-0.39, 0.29) is 32.0 Å². The lowest BCUT2D eigenvalue weighted by molar-refractivity contribution is -0.199. The molecule has 0 bridgehead atoms. The minimum Gasteiger partial charge on any atom is -0.390 e. The lowest BCUT2D eigenvalue weighted by Gasteiger charge is -2.43. The van der Waals surface area contributed by atoms with Gasteiger partial charge in [0.2, 0.25) is 0 Å². The molecule has 0 aliphatic heterocycles. The van der Waals surface area contributed by atoms with E-state index in [2.05, 4.69) is 5.32 Å². The number of aryl methyl sites for hydroxylation is 1. The highest BCUT2D eigenvalue weighted by Gasteiger charge is 2.51. The second-order valence-electron chi connectivity index (χ2n) is 7.65. The number of aliphatic hydroxyl groups excluding tert-OH is 2. The molecule has 0 unspecified atom stereocenters. The van der Waals surface area contributed by atoms with Crippen LogP contribution in [0.3, 0.4) is 0 Å². The molecule has 0 saturated heterocycles. The fraction of sp³-hybridized carbons (Fsp3) is 0.435. The molecule has 0 heterocycles. The minimum atomic E-state index is -1.28. The number of rotatable bonds is 7. The van der Waals surface area contributed by atoms with Crippen LogP contribution in [0.5, 0.6) is 0 Å². The molecular formula is C23H29NO5. The summed E-state index contributed by atoms with van der Waals surface area (Å²) >= 11 is 0. The SMILES string of the molecule is CNC(=O)[C@]1(OCc2cccc(C)c2)C[C@@H](O)[C@@H](O)[C@@H](OCc2ccccc2)C1. The second kappa shape index (κ2) is 9.50. The van der Waals surface area contributed by atoms with E-state index in [0.717, 1.165) is 16.7 Å². The monoisotopic (exact) mass is 399 g/mol. The number of nitrogens with one attached hydrogen (secondary N) is 1. The average molecular weight is 399 g/mol. The van der Waals surface area contributed by atoms with Gasteiger partial charge >= 0.3 is 0 Å². The summed E-state index contributed by atoms with van der Waals surface area (Å²) < 4.78 is 12.0. The number of hydrogen-bond donors (Lipinski definition) is 3. The van der Waals surface area contributed by atoms with Crippen LogP contribution in [0.15, 0.2) is 54.6 Å². The minimum absolute atomic E-state index is 0.00481. The molecule has 2 aromatic rings. The third-order valence-corrected chi connectivity index (χ3v) is 5.39. The normalized spacial score (nSPS) is 26.8. The Morgan fingerprint density at radius 1 is 1.07 bits per heavy atom. The lowest BCUT2D eigenvalue weighted by Crippen LogP contribution is -2.60. The molecule has 1 aliphatic rings. The van der Waals surface area contributed by atoms with Crippen molar-refractivity contribution in [3.05, 3.63) is 71.3 Å². The number of benzene rings is 2. The Kier molecular flexibility index (Phi) is 7.03. The standard InChI is InChI=1S/C23H29NO5/c1-16-7-6-10-18(11-16)15-29-23(22(27)24-2)12-19(25)21(26)20(13-23)28-14-17-8-4-3-5-9-17/h3-11,19-21,25-26H,12-15H2,1-2H3,(H,24,27)/t19-,20+,21-,23+/m1/s1. The summed E-state index contributed by atoms with van der Waals surface area (Å²) in [5.74, 6) is -0.329. The van der Waals surface area contributed by atoms with Gasteiger partial charge in [-0.2, -0.15) is 0 Å². The maximum atomic E-state index is 12.8. The summed E-state index contributed by atoms with van der Waals surface area (Å²) in [6, 6.07) is 17.4. The lowest BCUT2D eigenvalue weighted by atomic mass is 9.78. The van der Waals surface area contributed by atoms with Crippen LogP contribution in [0.25, 0.3) is 0 Å². The third-order valence-electron chi connectivity index (χ3n) is 5.39. The maximum absolute atomic E-state index is 12.8. The van der Waals surface area contributed by atoms with Crippen molar-refractivity contribution in [2.75, 3.05) is 7.05 Å². The molecule has 2 aromatic carbocycles. The summed E-state index contributed by atoms with van der Waals surface area (Å²) in [5.41, 5.74) is 1.71. The van der Waals surface area contributed by atoms with Crippen LogP contribution >= 0.6 is 0 Å². The molecule has 4 atom stereocenters. The Hall–Kier alpha value is -2.25. The van der Waals surface area contributed by atoms with E-state index >= 15 is 0 Å². The van der Waals surface area contributed by atoms with Crippen molar-refractivity contribution < 1.29 is 24.5 Å². The van der Waals surface area contributed by atoms with Crippen LogP contribution in [0.2, 0.25) is 0 Å². The molecule has 6 nitrogen and oxygen atoms in total. The summed E-state index contributed by atoms with van der Waals surface area (Å²) in [4.78, 5) is 12.8. The summed E-state index contributed by atoms with van der Waals surface area (Å²) in [5, 5.41) is 23.6. The van der Waals surface area contributed by atoms with Crippen LogP contribution in [-0.2, 0) is 27.5 Å². The van der Waals surface area contributed by atoms with Gasteiger partial charge in [-0.05, 0) is 18.1 Å². The topological polar surface area (TPSA) is 88.0 Å². The van der Waals surface area contributed by atoms with Crippen molar-refractivity contribution in [3.63, 3.8) is 0 Å². The van der Waals surface area contributed by atoms with E-state index < -0.39 is 23.9 Å². The highest BCUT2D eigenvalue weighted by atomic mass is 16.5. The van der Waals surface area contributed by atoms with Crippen LogP contribution < -0.4 is 5.32 Å². The first-order valence-electron chi connectivity index (χ1n) is 9.87.